The number of methoxy groups -OCH3 is 1. The Morgan fingerprint density at radius 1 is 1.31 bits per heavy atom. The van der Waals surface area contributed by atoms with Crippen LogP contribution in [0.5, 0.6) is 5.75 Å². The standard InChI is InChI=1S/C9H6Cl2OS/c1-12-7-4-13-9-5(7)2-3-6(10)8(9)11/h2-4H,1H3. The molecule has 1 heterocycles. The van der Waals surface area contributed by atoms with Crippen molar-refractivity contribution in [1.29, 1.82) is 0 Å². The molecule has 1 aromatic carbocycles. The topological polar surface area (TPSA) is 9.23 Å². The normalized spacial score (nSPS) is 10.7. The highest BCUT2D eigenvalue weighted by molar-refractivity contribution is 7.18. The van der Waals surface area contributed by atoms with Crippen LogP contribution in [-0.4, -0.2) is 7.11 Å². The summed E-state index contributed by atoms with van der Waals surface area (Å²) < 4.78 is 6.15. The molecule has 0 N–H and O–H groups in total. The van der Waals surface area contributed by atoms with Crippen LogP contribution in [0.15, 0.2) is 17.5 Å². The first-order valence-electron chi connectivity index (χ1n) is 3.63. The van der Waals surface area contributed by atoms with E-state index in [9.17, 15) is 0 Å². The number of hydrogen-bond acceptors (Lipinski definition) is 2. The Balaban J connectivity index is 2.81. The predicted octanol–water partition coefficient (Wildman–Crippen LogP) is 4.22. The second kappa shape index (κ2) is 3.37. The van der Waals surface area contributed by atoms with Gasteiger partial charge in [0.1, 0.15) is 5.75 Å². The van der Waals surface area contributed by atoms with Gasteiger partial charge in [-0.2, -0.15) is 0 Å². The Morgan fingerprint density at radius 3 is 2.77 bits per heavy atom. The molecule has 2 aromatic rings. The van der Waals surface area contributed by atoms with Gasteiger partial charge in [-0.15, -0.1) is 11.3 Å². The Morgan fingerprint density at radius 2 is 2.08 bits per heavy atom. The van der Waals surface area contributed by atoms with Crippen LogP contribution in [0.3, 0.4) is 0 Å². The van der Waals surface area contributed by atoms with Gasteiger partial charge in [-0.25, -0.2) is 0 Å². The van der Waals surface area contributed by atoms with Gasteiger partial charge < -0.3 is 4.74 Å². The molecule has 2 rings (SSSR count). The van der Waals surface area contributed by atoms with Crippen molar-refractivity contribution in [2.75, 3.05) is 7.11 Å². The van der Waals surface area contributed by atoms with Gasteiger partial charge in [-0.3, -0.25) is 0 Å². The summed E-state index contributed by atoms with van der Waals surface area (Å²) in [4.78, 5) is 0. The lowest BCUT2D eigenvalue weighted by atomic mass is 10.2. The molecule has 4 heteroatoms. The van der Waals surface area contributed by atoms with E-state index < -0.39 is 0 Å². The summed E-state index contributed by atoms with van der Waals surface area (Å²) in [6.45, 7) is 0. The van der Waals surface area contributed by atoms with Gasteiger partial charge in [-0.1, -0.05) is 23.2 Å². The second-order valence-corrected chi connectivity index (χ2v) is 4.21. The molecule has 0 aliphatic rings. The SMILES string of the molecule is COc1csc2c(Cl)c(Cl)ccc12. The van der Waals surface area contributed by atoms with Crippen molar-refractivity contribution in [2.45, 2.75) is 0 Å². The molecule has 0 radical (unpaired) electrons. The molecule has 0 saturated heterocycles. The maximum Gasteiger partial charge on any atom is 0.137 e. The summed E-state index contributed by atoms with van der Waals surface area (Å²) in [6, 6.07) is 3.69. The molecule has 13 heavy (non-hydrogen) atoms. The van der Waals surface area contributed by atoms with Gasteiger partial charge in [0.2, 0.25) is 0 Å². The number of benzene rings is 1. The van der Waals surface area contributed by atoms with E-state index in [2.05, 4.69) is 0 Å². The fourth-order valence-electron chi connectivity index (χ4n) is 1.18. The third-order valence-corrected chi connectivity index (χ3v) is 3.73. The molecule has 0 saturated carbocycles. The Bertz CT molecular complexity index is 450. The van der Waals surface area contributed by atoms with Crippen LogP contribution in [-0.2, 0) is 0 Å². The first kappa shape index (κ1) is 9.13. The zero-order valence-electron chi connectivity index (χ0n) is 6.80. The largest absolute Gasteiger partial charge is 0.495 e. The van der Waals surface area contributed by atoms with Crippen molar-refractivity contribution in [3.63, 3.8) is 0 Å². The van der Waals surface area contributed by atoms with Gasteiger partial charge in [0.05, 0.1) is 21.9 Å². The number of hydrogen-bond donors (Lipinski definition) is 0. The molecule has 1 nitrogen and oxygen atoms in total. The highest BCUT2D eigenvalue weighted by atomic mass is 35.5. The van der Waals surface area contributed by atoms with E-state index in [1.165, 1.54) is 11.3 Å². The lowest BCUT2D eigenvalue weighted by molar-refractivity contribution is 0.421. The smallest absolute Gasteiger partial charge is 0.137 e. The zero-order chi connectivity index (χ0) is 9.42. The van der Waals surface area contributed by atoms with E-state index in [-0.39, 0.29) is 0 Å². The average Bonchev–Trinajstić information content (AvgIpc) is 2.55. The van der Waals surface area contributed by atoms with Crippen LogP contribution >= 0.6 is 34.5 Å². The number of fused-ring (bicyclic) bond motifs is 1. The van der Waals surface area contributed by atoms with Gasteiger partial charge >= 0.3 is 0 Å². The minimum atomic E-state index is 0.582. The van der Waals surface area contributed by atoms with E-state index in [4.69, 9.17) is 27.9 Å². The van der Waals surface area contributed by atoms with Gasteiger partial charge in [0, 0.05) is 10.8 Å². The van der Waals surface area contributed by atoms with E-state index in [0.717, 1.165) is 15.8 Å². The van der Waals surface area contributed by atoms with Crippen molar-refractivity contribution in [2.24, 2.45) is 0 Å². The highest BCUT2D eigenvalue weighted by Gasteiger charge is 2.09. The summed E-state index contributed by atoms with van der Waals surface area (Å²) in [5, 5.41) is 4.13. The van der Waals surface area contributed by atoms with Crippen molar-refractivity contribution in [3.8, 4) is 5.75 Å². The molecule has 0 aliphatic heterocycles. The molecule has 0 amide bonds. The molecule has 0 unspecified atom stereocenters. The van der Waals surface area contributed by atoms with E-state index in [1.54, 1.807) is 13.2 Å². The molecule has 68 valence electrons. The first-order valence-corrected chi connectivity index (χ1v) is 5.27. The molecular formula is C9H6Cl2OS. The lowest BCUT2D eigenvalue weighted by Crippen LogP contribution is -1.79. The van der Waals surface area contributed by atoms with Crippen LogP contribution in [0.2, 0.25) is 10.0 Å². The van der Waals surface area contributed by atoms with E-state index in [0.29, 0.717) is 10.0 Å². The molecule has 0 aliphatic carbocycles. The minimum absolute atomic E-state index is 0.582. The third-order valence-electron chi connectivity index (χ3n) is 1.82. The van der Waals surface area contributed by atoms with Crippen molar-refractivity contribution < 1.29 is 4.74 Å². The third kappa shape index (κ3) is 1.39. The Hall–Kier alpha value is -0.440. The van der Waals surface area contributed by atoms with Gasteiger partial charge in [-0.05, 0) is 12.1 Å². The molecule has 1 aromatic heterocycles. The predicted molar refractivity (Wildman–Crippen MR) is 58.4 cm³/mol. The van der Waals surface area contributed by atoms with E-state index >= 15 is 0 Å². The minimum Gasteiger partial charge on any atom is -0.495 e. The second-order valence-electron chi connectivity index (χ2n) is 2.54. The average molecular weight is 233 g/mol. The van der Waals surface area contributed by atoms with Crippen LogP contribution in [0.4, 0.5) is 0 Å². The number of ether oxygens (including phenoxy) is 1. The number of rotatable bonds is 1. The summed E-state index contributed by atoms with van der Waals surface area (Å²) in [6.07, 6.45) is 0. The lowest BCUT2D eigenvalue weighted by Gasteiger charge is -1.98. The van der Waals surface area contributed by atoms with Crippen LogP contribution in [0, 0.1) is 0 Å². The number of thiophene rings is 1. The maximum absolute atomic E-state index is 6.02. The molecular weight excluding hydrogens is 227 g/mol. The van der Waals surface area contributed by atoms with Crippen molar-refractivity contribution in [1.82, 2.24) is 0 Å². The molecule has 0 atom stereocenters. The molecule has 0 fully saturated rings. The van der Waals surface area contributed by atoms with Crippen molar-refractivity contribution in [3.05, 3.63) is 27.6 Å². The van der Waals surface area contributed by atoms with Crippen LogP contribution in [0.1, 0.15) is 0 Å². The monoisotopic (exact) mass is 232 g/mol. The number of halogens is 2. The summed E-state index contributed by atoms with van der Waals surface area (Å²) in [5.41, 5.74) is 0. The molecule has 0 spiro atoms. The fraction of sp³-hybridized carbons (Fsp3) is 0.111. The zero-order valence-corrected chi connectivity index (χ0v) is 9.13. The highest BCUT2D eigenvalue weighted by Crippen LogP contribution is 2.39. The molecule has 0 bridgehead atoms. The summed E-state index contributed by atoms with van der Waals surface area (Å²) in [7, 11) is 1.64. The van der Waals surface area contributed by atoms with Crippen LogP contribution in [0.25, 0.3) is 10.1 Å². The van der Waals surface area contributed by atoms with E-state index in [1.807, 2.05) is 11.4 Å². The first-order chi connectivity index (χ1) is 6.24. The van der Waals surface area contributed by atoms with Crippen LogP contribution < -0.4 is 4.74 Å². The van der Waals surface area contributed by atoms with Gasteiger partial charge in [0.25, 0.3) is 0 Å². The van der Waals surface area contributed by atoms with Crippen molar-refractivity contribution >= 4 is 44.6 Å². The summed E-state index contributed by atoms with van der Waals surface area (Å²) >= 11 is 13.4. The Labute approximate surface area is 89.8 Å². The Kier molecular flexibility index (Phi) is 2.37. The fourth-order valence-corrected chi connectivity index (χ4v) is 2.64. The van der Waals surface area contributed by atoms with Gasteiger partial charge in [0.15, 0.2) is 0 Å². The maximum atomic E-state index is 6.02. The summed E-state index contributed by atoms with van der Waals surface area (Å²) in [5.74, 6) is 0.846. The quantitative estimate of drug-likeness (QED) is 0.716.